The number of fused-ring (bicyclic) bond motifs is 3. The molecule has 0 bridgehead atoms. The summed E-state index contributed by atoms with van der Waals surface area (Å²) in [5.41, 5.74) is 4.22. The van der Waals surface area contributed by atoms with E-state index in [1.54, 1.807) is 0 Å². The molecule has 0 amide bonds. The molecule has 10 heteroatoms. The van der Waals surface area contributed by atoms with Crippen LogP contribution in [0.4, 0.5) is 14.5 Å². The monoisotopic (exact) mass is 515 g/mol. The third-order valence-corrected chi connectivity index (χ3v) is 6.52. The molecule has 0 radical (unpaired) electrons. The van der Waals surface area contributed by atoms with Gasteiger partial charge in [0.1, 0.15) is 30.5 Å². The number of nitrogens with one attached hydrogen (secondary N) is 1. The number of benzene rings is 3. The van der Waals surface area contributed by atoms with E-state index in [1.165, 1.54) is 13.0 Å². The fourth-order valence-electron chi connectivity index (χ4n) is 4.92. The molecule has 2 aliphatic rings. The second-order valence-corrected chi connectivity index (χ2v) is 8.84. The second kappa shape index (κ2) is 9.96. The van der Waals surface area contributed by atoms with Gasteiger partial charge in [-0.25, -0.2) is 13.8 Å². The molecule has 186 valence electrons. The van der Waals surface area contributed by atoms with Crippen molar-refractivity contribution in [1.82, 2.24) is 9.55 Å². The van der Waals surface area contributed by atoms with Gasteiger partial charge in [-0.1, -0.05) is 19.1 Å². The predicted octanol–water partition coefficient (Wildman–Crippen LogP) is 2.52. The first-order valence-electron chi connectivity index (χ1n) is 11.8. The standard InChI is InChI=1S/C27H23F2N3O4.Na.H/c1-3-26-31-20-10-18(28)19(29)11-23(20)32(26)22-6-4-5-16-21(12-35-27(16)22)30-15-7-8-17-24(9-15)34-13-25(17)36-14(2)33;;/h4-11,21,25,30H,3,12-13H2,1-2H3;;/q;+1;-1/t21-,25-;;/m1../s1. The fraction of sp³-hybridized carbons (Fsp3) is 0.259. The number of aryl methyl sites for hydroxylation is 1. The Labute approximate surface area is 235 Å². The molecule has 6 rings (SSSR count). The van der Waals surface area contributed by atoms with Gasteiger partial charge in [-0.15, -0.1) is 0 Å². The minimum absolute atomic E-state index is 0. The number of imidazole rings is 1. The van der Waals surface area contributed by atoms with Gasteiger partial charge >= 0.3 is 35.5 Å². The first-order valence-corrected chi connectivity index (χ1v) is 11.8. The first kappa shape index (κ1) is 25.5. The van der Waals surface area contributed by atoms with Crippen molar-refractivity contribution < 1.29 is 58.8 Å². The molecule has 7 nitrogen and oxygen atoms in total. The van der Waals surface area contributed by atoms with Gasteiger partial charge in [-0.3, -0.25) is 9.36 Å². The number of hydrogen-bond acceptors (Lipinski definition) is 6. The van der Waals surface area contributed by atoms with Crippen molar-refractivity contribution >= 4 is 22.7 Å². The van der Waals surface area contributed by atoms with Crippen LogP contribution in [-0.4, -0.2) is 28.7 Å². The van der Waals surface area contributed by atoms with Gasteiger partial charge in [0.2, 0.25) is 0 Å². The SMILES string of the molecule is CCc1nc2cc(F)c(F)cc2n1-c1cccc2c1OC[C@H]2Nc1ccc2c(c1)OC[C@H]2OC(C)=O.[H-].[Na+]. The quantitative estimate of drug-likeness (QED) is 0.325. The molecule has 1 aromatic heterocycles. The van der Waals surface area contributed by atoms with Crippen LogP contribution >= 0.6 is 0 Å². The molecule has 0 unspecified atom stereocenters. The summed E-state index contributed by atoms with van der Waals surface area (Å²) in [6.45, 7) is 4.00. The summed E-state index contributed by atoms with van der Waals surface area (Å²) in [6.07, 6.45) is 0.174. The minimum Gasteiger partial charge on any atom is -1.00 e. The number of aromatic nitrogens is 2. The Morgan fingerprint density at radius 2 is 1.95 bits per heavy atom. The number of esters is 1. The van der Waals surface area contributed by atoms with Crippen LogP contribution in [0.25, 0.3) is 16.7 Å². The first-order chi connectivity index (χ1) is 17.4. The van der Waals surface area contributed by atoms with E-state index in [4.69, 9.17) is 14.2 Å². The van der Waals surface area contributed by atoms with E-state index < -0.39 is 17.7 Å². The van der Waals surface area contributed by atoms with Crippen molar-refractivity contribution in [3.63, 3.8) is 0 Å². The summed E-state index contributed by atoms with van der Waals surface area (Å²) in [4.78, 5) is 15.9. The fourth-order valence-corrected chi connectivity index (χ4v) is 4.92. The van der Waals surface area contributed by atoms with Gasteiger partial charge < -0.3 is 21.0 Å². The molecule has 0 saturated carbocycles. The van der Waals surface area contributed by atoms with Crippen LogP contribution in [0.1, 0.15) is 44.4 Å². The zero-order chi connectivity index (χ0) is 25.0. The van der Waals surface area contributed by atoms with Crippen LogP contribution in [0.15, 0.2) is 48.5 Å². The third-order valence-electron chi connectivity index (χ3n) is 6.52. The Bertz CT molecular complexity index is 1530. The largest absolute Gasteiger partial charge is 1.00 e. The number of halogens is 2. The summed E-state index contributed by atoms with van der Waals surface area (Å²) < 4.78 is 47.0. The Morgan fingerprint density at radius 1 is 1.14 bits per heavy atom. The normalized spacial score (nSPS) is 17.4. The number of carbonyl (C=O) groups is 1. The number of anilines is 1. The number of hydrogen-bond donors (Lipinski definition) is 1. The molecular weight excluding hydrogens is 491 g/mol. The molecule has 1 N–H and O–H groups in total. The van der Waals surface area contributed by atoms with Crippen molar-refractivity contribution in [1.29, 1.82) is 0 Å². The summed E-state index contributed by atoms with van der Waals surface area (Å²) in [7, 11) is 0. The molecule has 0 spiro atoms. The van der Waals surface area contributed by atoms with Gasteiger partial charge in [-0.05, 0) is 18.2 Å². The zero-order valence-corrected chi connectivity index (χ0v) is 22.7. The molecular formula is C27H24F2N3NaO4. The molecule has 0 fully saturated rings. The van der Waals surface area contributed by atoms with Crippen LogP contribution in [0, 0.1) is 11.6 Å². The summed E-state index contributed by atoms with van der Waals surface area (Å²) in [6, 6.07) is 13.6. The van der Waals surface area contributed by atoms with Crippen LogP contribution in [0.3, 0.4) is 0 Å². The van der Waals surface area contributed by atoms with Crippen LogP contribution in [0.2, 0.25) is 0 Å². The number of para-hydroxylation sites is 1. The Morgan fingerprint density at radius 3 is 2.73 bits per heavy atom. The molecule has 0 aliphatic carbocycles. The van der Waals surface area contributed by atoms with E-state index in [0.717, 1.165) is 28.6 Å². The average Bonchev–Trinajstić information content (AvgIpc) is 3.55. The summed E-state index contributed by atoms with van der Waals surface area (Å²) in [5, 5.41) is 3.49. The van der Waals surface area contributed by atoms with E-state index in [2.05, 4.69) is 10.3 Å². The smallest absolute Gasteiger partial charge is 1.00 e. The van der Waals surface area contributed by atoms with Crippen LogP contribution < -0.4 is 44.3 Å². The van der Waals surface area contributed by atoms with Crippen molar-refractivity contribution in [2.75, 3.05) is 18.5 Å². The number of nitrogens with zero attached hydrogens (tertiary/aromatic N) is 2. The molecule has 37 heavy (non-hydrogen) atoms. The van der Waals surface area contributed by atoms with Crippen molar-refractivity contribution in [3.8, 4) is 17.2 Å². The van der Waals surface area contributed by atoms with Gasteiger partial charge in [0.05, 0.1) is 22.8 Å². The van der Waals surface area contributed by atoms with Crippen molar-refractivity contribution in [3.05, 3.63) is 77.1 Å². The third kappa shape index (κ3) is 4.45. The van der Waals surface area contributed by atoms with Gasteiger partial charge in [0.15, 0.2) is 17.7 Å². The van der Waals surface area contributed by atoms with E-state index in [-0.39, 0.29) is 43.0 Å². The Balaban J connectivity index is 0.00000168. The van der Waals surface area contributed by atoms with Gasteiger partial charge in [0.25, 0.3) is 0 Å². The second-order valence-electron chi connectivity index (χ2n) is 8.84. The van der Waals surface area contributed by atoms with E-state index in [0.29, 0.717) is 48.0 Å². The van der Waals surface area contributed by atoms with E-state index >= 15 is 0 Å². The molecule has 3 heterocycles. The minimum atomic E-state index is -0.925. The summed E-state index contributed by atoms with van der Waals surface area (Å²) >= 11 is 0. The molecule has 2 atom stereocenters. The molecule has 2 aliphatic heterocycles. The maximum Gasteiger partial charge on any atom is 1.00 e. The summed E-state index contributed by atoms with van der Waals surface area (Å²) in [5.74, 6) is -0.174. The zero-order valence-electron chi connectivity index (χ0n) is 21.7. The number of rotatable bonds is 5. The predicted molar refractivity (Wildman–Crippen MR) is 130 cm³/mol. The molecule has 3 aromatic carbocycles. The number of ether oxygens (including phenoxy) is 3. The number of carbonyl (C=O) groups excluding carboxylic acids is 1. The maximum absolute atomic E-state index is 14.1. The van der Waals surface area contributed by atoms with Crippen LogP contribution in [0.5, 0.6) is 11.5 Å². The Kier molecular flexibility index (Phi) is 6.87. The topological polar surface area (TPSA) is 74.6 Å². The van der Waals surface area contributed by atoms with E-state index in [9.17, 15) is 13.6 Å². The molecule has 4 aromatic rings. The van der Waals surface area contributed by atoms with E-state index in [1.807, 2.05) is 47.9 Å². The van der Waals surface area contributed by atoms with Crippen molar-refractivity contribution in [2.45, 2.75) is 32.4 Å². The van der Waals surface area contributed by atoms with Crippen molar-refractivity contribution in [2.24, 2.45) is 0 Å². The Hall–Kier alpha value is -3.14. The molecule has 0 saturated heterocycles. The maximum atomic E-state index is 14.1. The van der Waals surface area contributed by atoms with Gasteiger partial charge in [-0.2, -0.15) is 0 Å². The van der Waals surface area contributed by atoms with Crippen LogP contribution in [-0.2, 0) is 16.0 Å². The average molecular weight is 515 g/mol. The van der Waals surface area contributed by atoms with Gasteiger partial charge in [0, 0.05) is 48.4 Å².